The third-order valence-electron chi connectivity index (χ3n) is 3.77. The van der Waals surface area contributed by atoms with Gasteiger partial charge in [0.25, 0.3) is 5.91 Å². The van der Waals surface area contributed by atoms with Crippen LogP contribution < -0.4 is 10.2 Å². The van der Waals surface area contributed by atoms with Crippen LogP contribution in [0.2, 0.25) is 0 Å². The number of benzene rings is 1. The lowest BCUT2D eigenvalue weighted by Gasteiger charge is -2.38. The van der Waals surface area contributed by atoms with Crippen molar-refractivity contribution in [1.29, 1.82) is 0 Å². The zero-order chi connectivity index (χ0) is 17.2. The highest BCUT2D eigenvalue weighted by atomic mass is 32.2. The lowest BCUT2D eigenvalue weighted by Crippen LogP contribution is -2.57. The van der Waals surface area contributed by atoms with Gasteiger partial charge in [-0.15, -0.1) is 0 Å². The number of amides is 3. The van der Waals surface area contributed by atoms with Crippen LogP contribution in [0.1, 0.15) is 13.8 Å². The average Bonchev–Trinajstić information content (AvgIpc) is 2.53. The second kappa shape index (κ2) is 6.62. The van der Waals surface area contributed by atoms with Crippen LogP contribution in [0, 0.1) is 0 Å². The van der Waals surface area contributed by atoms with Crippen molar-refractivity contribution in [2.45, 2.75) is 23.5 Å². The summed E-state index contributed by atoms with van der Waals surface area (Å²) in [6.07, 6.45) is 0. The van der Waals surface area contributed by atoms with E-state index in [4.69, 9.17) is 0 Å². The summed E-state index contributed by atoms with van der Waals surface area (Å²) in [5, 5.41) is 2.58. The van der Waals surface area contributed by atoms with E-state index in [2.05, 4.69) is 5.32 Å². The standard InChI is InChI=1S/C16H21N3O3S/c1-5-19-11-8-6-7-9-12(11)23-16(2,15(19)22)14(21)17-10-13(20)18(3)4/h6-9H,5,10H2,1-4H3,(H,17,21). The fourth-order valence-electron chi connectivity index (χ4n) is 2.34. The average molecular weight is 335 g/mol. The first kappa shape index (κ1) is 17.3. The highest BCUT2D eigenvalue weighted by molar-refractivity contribution is 8.02. The Hall–Kier alpha value is -2.02. The van der Waals surface area contributed by atoms with E-state index in [1.807, 2.05) is 31.2 Å². The first-order valence-corrected chi connectivity index (χ1v) is 8.21. The molecule has 0 aromatic heterocycles. The van der Waals surface area contributed by atoms with Crippen LogP contribution >= 0.6 is 11.8 Å². The van der Waals surface area contributed by atoms with E-state index in [1.54, 1.807) is 25.9 Å². The van der Waals surface area contributed by atoms with E-state index in [-0.39, 0.29) is 18.4 Å². The molecule has 1 N–H and O–H groups in total. The Kier molecular flexibility index (Phi) is 4.99. The van der Waals surface area contributed by atoms with Gasteiger partial charge in [-0.25, -0.2) is 0 Å². The molecular formula is C16H21N3O3S. The van der Waals surface area contributed by atoms with Crippen molar-refractivity contribution in [1.82, 2.24) is 10.2 Å². The quantitative estimate of drug-likeness (QED) is 0.837. The predicted octanol–water partition coefficient (Wildman–Crippen LogP) is 1.11. The molecule has 23 heavy (non-hydrogen) atoms. The first-order valence-electron chi connectivity index (χ1n) is 7.39. The Morgan fingerprint density at radius 2 is 1.96 bits per heavy atom. The van der Waals surface area contributed by atoms with Gasteiger partial charge in [-0.2, -0.15) is 0 Å². The van der Waals surface area contributed by atoms with E-state index >= 15 is 0 Å². The number of fused-ring (bicyclic) bond motifs is 1. The van der Waals surface area contributed by atoms with Crippen molar-refractivity contribution in [3.05, 3.63) is 24.3 Å². The number of para-hydroxylation sites is 1. The molecule has 0 spiro atoms. The number of carbonyl (C=O) groups excluding carboxylic acids is 3. The van der Waals surface area contributed by atoms with Crippen molar-refractivity contribution < 1.29 is 14.4 Å². The molecule has 0 saturated heterocycles. The molecule has 7 heteroatoms. The fraction of sp³-hybridized carbons (Fsp3) is 0.438. The van der Waals surface area contributed by atoms with Gasteiger partial charge in [0, 0.05) is 25.5 Å². The van der Waals surface area contributed by atoms with Crippen LogP contribution in [-0.2, 0) is 14.4 Å². The van der Waals surface area contributed by atoms with Gasteiger partial charge < -0.3 is 15.1 Å². The fourth-order valence-corrected chi connectivity index (χ4v) is 3.57. The Bertz CT molecular complexity index is 647. The molecule has 124 valence electrons. The summed E-state index contributed by atoms with van der Waals surface area (Å²) >= 11 is 1.23. The molecule has 0 fully saturated rings. The molecular weight excluding hydrogens is 314 g/mol. The lowest BCUT2D eigenvalue weighted by molar-refractivity contribution is -0.134. The van der Waals surface area contributed by atoms with Crippen LogP contribution in [0.15, 0.2) is 29.2 Å². The number of likely N-dealkylation sites (N-methyl/N-ethyl adjacent to an activating group) is 1. The molecule has 1 heterocycles. The predicted molar refractivity (Wildman–Crippen MR) is 90.4 cm³/mol. The molecule has 1 aliphatic rings. The molecule has 0 saturated carbocycles. The molecule has 1 unspecified atom stereocenters. The maximum atomic E-state index is 12.8. The van der Waals surface area contributed by atoms with Gasteiger partial charge in [0.05, 0.1) is 12.2 Å². The monoisotopic (exact) mass is 335 g/mol. The normalized spacial score (nSPS) is 20.0. The van der Waals surface area contributed by atoms with Crippen LogP contribution in [0.4, 0.5) is 5.69 Å². The highest BCUT2D eigenvalue weighted by Gasteiger charge is 2.48. The Balaban J connectivity index is 2.25. The molecule has 1 atom stereocenters. The third kappa shape index (κ3) is 3.19. The van der Waals surface area contributed by atoms with Crippen LogP contribution in [-0.4, -0.2) is 54.6 Å². The zero-order valence-electron chi connectivity index (χ0n) is 13.8. The molecule has 3 amide bonds. The molecule has 1 aromatic carbocycles. The minimum absolute atomic E-state index is 0.122. The SMILES string of the molecule is CCN1C(=O)C(C)(C(=O)NCC(=O)N(C)C)Sc2ccccc21. The summed E-state index contributed by atoms with van der Waals surface area (Å²) in [4.78, 5) is 40.9. The molecule has 2 rings (SSSR count). The maximum Gasteiger partial charge on any atom is 0.252 e. The Morgan fingerprint density at radius 1 is 1.30 bits per heavy atom. The lowest BCUT2D eigenvalue weighted by atomic mass is 10.1. The number of hydrogen-bond donors (Lipinski definition) is 1. The van der Waals surface area contributed by atoms with Crippen molar-refractivity contribution >= 4 is 35.2 Å². The van der Waals surface area contributed by atoms with Crippen LogP contribution in [0.5, 0.6) is 0 Å². The minimum atomic E-state index is -1.28. The van der Waals surface area contributed by atoms with E-state index < -0.39 is 10.7 Å². The summed E-state index contributed by atoms with van der Waals surface area (Å²) in [6.45, 7) is 3.84. The summed E-state index contributed by atoms with van der Waals surface area (Å²) in [7, 11) is 3.23. The second-order valence-electron chi connectivity index (χ2n) is 5.62. The van der Waals surface area contributed by atoms with E-state index in [0.29, 0.717) is 6.54 Å². The topological polar surface area (TPSA) is 69.7 Å². The number of anilines is 1. The zero-order valence-corrected chi connectivity index (χ0v) is 14.6. The first-order chi connectivity index (χ1) is 10.8. The van der Waals surface area contributed by atoms with E-state index in [9.17, 15) is 14.4 Å². The number of carbonyl (C=O) groups is 3. The van der Waals surface area contributed by atoms with Gasteiger partial charge in [-0.1, -0.05) is 23.9 Å². The molecule has 1 aromatic rings. The van der Waals surface area contributed by atoms with Crippen molar-refractivity contribution in [3.63, 3.8) is 0 Å². The van der Waals surface area contributed by atoms with Gasteiger partial charge >= 0.3 is 0 Å². The van der Waals surface area contributed by atoms with Gasteiger partial charge in [-0.05, 0) is 26.0 Å². The van der Waals surface area contributed by atoms with E-state index in [0.717, 1.165) is 10.6 Å². The van der Waals surface area contributed by atoms with Gasteiger partial charge in [0.1, 0.15) is 0 Å². The second-order valence-corrected chi connectivity index (χ2v) is 7.08. The van der Waals surface area contributed by atoms with Crippen molar-refractivity contribution in [2.24, 2.45) is 0 Å². The van der Waals surface area contributed by atoms with Gasteiger partial charge in [0.15, 0.2) is 4.75 Å². The molecule has 0 radical (unpaired) electrons. The number of nitrogens with one attached hydrogen (secondary N) is 1. The number of nitrogens with zero attached hydrogens (tertiary/aromatic N) is 2. The number of thioether (sulfide) groups is 1. The number of hydrogen-bond acceptors (Lipinski definition) is 4. The maximum absolute atomic E-state index is 12.8. The van der Waals surface area contributed by atoms with Crippen LogP contribution in [0.25, 0.3) is 0 Å². The van der Waals surface area contributed by atoms with Gasteiger partial charge in [-0.3, -0.25) is 14.4 Å². The van der Waals surface area contributed by atoms with Crippen molar-refractivity contribution in [2.75, 3.05) is 32.1 Å². The summed E-state index contributed by atoms with van der Waals surface area (Å²) < 4.78 is -1.28. The summed E-state index contributed by atoms with van der Waals surface area (Å²) in [5.74, 6) is -0.933. The van der Waals surface area contributed by atoms with Crippen LogP contribution in [0.3, 0.4) is 0 Å². The third-order valence-corrected chi connectivity index (χ3v) is 5.11. The summed E-state index contributed by atoms with van der Waals surface area (Å²) in [5.41, 5.74) is 0.819. The number of rotatable bonds is 4. The molecule has 0 aliphatic carbocycles. The molecule has 6 nitrogen and oxygen atoms in total. The molecule has 0 bridgehead atoms. The molecule has 1 aliphatic heterocycles. The van der Waals surface area contributed by atoms with Crippen molar-refractivity contribution in [3.8, 4) is 0 Å². The summed E-state index contributed by atoms with van der Waals surface area (Å²) in [6, 6.07) is 7.51. The Morgan fingerprint density at radius 3 is 2.57 bits per heavy atom. The largest absolute Gasteiger partial charge is 0.347 e. The highest BCUT2D eigenvalue weighted by Crippen LogP contribution is 2.45. The smallest absolute Gasteiger partial charge is 0.252 e. The van der Waals surface area contributed by atoms with Gasteiger partial charge in [0.2, 0.25) is 11.8 Å². The van der Waals surface area contributed by atoms with E-state index in [1.165, 1.54) is 16.7 Å². The Labute approximate surface area is 140 Å². The minimum Gasteiger partial charge on any atom is -0.347 e.